The smallest absolute Gasteiger partial charge is 0.271 e. The molecule has 0 aliphatic carbocycles. The van der Waals surface area contributed by atoms with E-state index in [2.05, 4.69) is 15.8 Å². The average molecular weight is 341 g/mol. The molecule has 2 aromatic rings. The van der Waals surface area contributed by atoms with E-state index in [-0.39, 0.29) is 17.6 Å². The number of halogens is 1. The predicted molar refractivity (Wildman–Crippen MR) is 96.0 cm³/mol. The molecule has 6 heteroatoms. The predicted octanol–water partition coefficient (Wildman–Crippen LogP) is 3.57. The zero-order valence-corrected chi connectivity index (χ0v) is 14.3. The molecule has 0 spiro atoms. The molecule has 5 nitrogen and oxygen atoms in total. The molecule has 0 aliphatic rings. The normalized spacial score (nSPS) is 11.4. The van der Waals surface area contributed by atoms with Gasteiger partial charge in [0, 0.05) is 16.7 Å². The van der Waals surface area contributed by atoms with E-state index in [1.54, 1.807) is 36.4 Å². The van der Waals surface area contributed by atoms with Crippen molar-refractivity contribution in [2.75, 3.05) is 5.32 Å². The highest BCUT2D eigenvalue weighted by Crippen LogP contribution is 2.17. The monoisotopic (exact) mass is 341 g/mol. The second-order valence-electron chi connectivity index (χ2n) is 6.53. The van der Waals surface area contributed by atoms with Gasteiger partial charge in [-0.05, 0) is 42.0 Å². The lowest BCUT2D eigenvalue weighted by Gasteiger charge is -2.17. The highest BCUT2D eigenvalue weighted by Gasteiger charge is 2.21. The first-order valence-corrected chi connectivity index (χ1v) is 7.76. The summed E-state index contributed by atoms with van der Waals surface area (Å²) in [4.78, 5) is 23.9. The SMILES string of the molecule is CC(C)(C)C(=O)Nc1ccc(C(=O)N/N=C\c2ccc(F)cc2)cc1. The fraction of sp³-hybridized carbons (Fsp3) is 0.211. The van der Waals surface area contributed by atoms with Crippen LogP contribution in [0.3, 0.4) is 0 Å². The Balaban J connectivity index is 1.94. The molecule has 0 aromatic heterocycles. The van der Waals surface area contributed by atoms with Crippen molar-refractivity contribution in [1.29, 1.82) is 0 Å². The maximum absolute atomic E-state index is 12.8. The third-order valence-corrected chi connectivity index (χ3v) is 3.34. The molecule has 0 unspecified atom stereocenters. The Morgan fingerprint density at radius 3 is 2.16 bits per heavy atom. The van der Waals surface area contributed by atoms with Gasteiger partial charge < -0.3 is 5.32 Å². The summed E-state index contributed by atoms with van der Waals surface area (Å²) in [5.41, 5.74) is 3.59. The Kier molecular flexibility index (Phi) is 5.64. The van der Waals surface area contributed by atoms with Crippen LogP contribution in [0.1, 0.15) is 36.7 Å². The Hall–Kier alpha value is -3.02. The van der Waals surface area contributed by atoms with Crippen LogP contribution in [0, 0.1) is 11.2 Å². The molecule has 2 rings (SSSR count). The van der Waals surface area contributed by atoms with Crippen molar-refractivity contribution < 1.29 is 14.0 Å². The number of benzene rings is 2. The molecule has 2 N–H and O–H groups in total. The van der Waals surface area contributed by atoms with Crippen molar-refractivity contribution in [2.45, 2.75) is 20.8 Å². The minimum absolute atomic E-state index is 0.103. The van der Waals surface area contributed by atoms with Crippen LogP contribution >= 0.6 is 0 Å². The molecule has 0 radical (unpaired) electrons. The molecule has 2 amide bonds. The zero-order chi connectivity index (χ0) is 18.4. The van der Waals surface area contributed by atoms with Gasteiger partial charge in [0.15, 0.2) is 0 Å². The van der Waals surface area contributed by atoms with Gasteiger partial charge in [0.05, 0.1) is 6.21 Å². The van der Waals surface area contributed by atoms with E-state index in [9.17, 15) is 14.0 Å². The summed E-state index contributed by atoms with van der Waals surface area (Å²) in [7, 11) is 0. The molecule has 0 fully saturated rings. The molecule has 0 heterocycles. The number of carbonyl (C=O) groups excluding carboxylic acids is 2. The van der Waals surface area contributed by atoms with Crippen molar-refractivity contribution >= 4 is 23.7 Å². The summed E-state index contributed by atoms with van der Waals surface area (Å²) < 4.78 is 12.8. The van der Waals surface area contributed by atoms with Crippen LogP contribution in [-0.4, -0.2) is 18.0 Å². The molecular formula is C19H20FN3O2. The van der Waals surface area contributed by atoms with Crippen molar-refractivity contribution in [3.8, 4) is 0 Å². The number of rotatable bonds is 4. The van der Waals surface area contributed by atoms with Gasteiger partial charge in [-0.2, -0.15) is 5.10 Å². The number of hydrogen-bond donors (Lipinski definition) is 2. The van der Waals surface area contributed by atoms with Crippen LogP contribution in [0.2, 0.25) is 0 Å². The van der Waals surface area contributed by atoms with Crippen LogP contribution in [0.5, 0.6) is 0 Å². The lowest BCUT2D eigenvalue weighted by molar-refractivity contribution is -0.123. The number of hydrogen-bond acceptors (Lipinski definition) is 3. The highest BCUT2D eigenvalue weighted by atomic mass is 19.1. The summed E-state index contributed by atoms with van der Waals surface area (Å²) in [5, 5.41) is 6.62. The zero-order valence-electron chi connectivity index (χ0n) is 14.3. The number of nitrogens with one attached hydrogen (secondary N) is 2. The minimum atomic E-state index is -0.495. The maximum atomic E-state index is 12.8. The molecule has 0 saturated carbocycles. The summed E-state index contributed by atoms with van der Waals surface area (Å²) >= 11 is 0. The van der Waals surface area contributed by atoms with E-state index >= 15 is 0 Å². The van der Waals surface area contributed by atoms with Gasteiger partial charge in [0.1, 0.15) is 5.82 Å². The van der Waals surface area contributed by atoms with E-state index in [4.69, 9.17) is 0 Å². The average Bonchev–Trinajstić information content (AvgIpc) is 2.56. The number of nitrogens with zero attached hydrogens (tertiary/aromatic N) is 1. The van der Waals surface area contributed by atoms with Gasteiger partial charge in [-0.25, -0.2) is 9.82 Å². The third kappa shape index (κ3) is 5.53. The first-order chi connectivity index (χ1) is 11.8. The lowest BCUT2D eigenvalue weighted by atomic mass is 9.95. The van der Waals surface area contributed by atoms with Gasteiger partial charge in [-0.3, -0.25) is 9.59 Å². The molecule has 0 atom stereocenters. The Labute approximate surface area is 145 Å². The minimum Gasteiger partial charge on any atom is -0.326 e. The largest absolute Gasteiger partial charge is 0.326 e. The second-order valence-corrected chi connectivity index (χ2v) is 6.53. The molecule has 0 aliphatic heterocycles. The first-order valence-electron chi connectivity index (χ1n) is 7.76. The van der Waals surface area contributed by atoms with Crippen molar-refractivity contribution in [1.82, 2.24) is 5.43 Å². The van der Waals surface area contributed by atoms with Crippen LogP contribution in [0.4, 0.5) is 10.1 Å². The molecular weight excluding hydrogens is 321 g/mol. The molecule has 2 aromatic carbocycles. The van der Waals surface area contributed by atoms with Crippen molar-refractivity contribution in [3.05, 3.63) is 65.5 Å². The summed E-state index contributed by atoms with van der Waals surface area (Å²) in [6.45, 7) is 5.47. The number of carbonyl (C=O) groups is 2. The Morgan fingerprint density at radius 2 is 1.60 bits per heavy atom. The van der Waals surface area contributed by atoms with E-state index < -0.39 is 5.41 Å². The van der Waals surface area contributed by atoms with Crippen LogP contribution < -0.4 is 10.7 Å². The molecule has 0 saturated heterocycles. The van der Waals surface area contributed by atoms with E-state index in [0.29, 0.717) is 16.8 Å². The standard InChI is InChI=1S/C19H20FN3O2/c1-19(2,3)18(25)22-16-10-6-14(7-11-16)17(24)23-21-12-13-4-8-15(20)9-5-13/h4-12H,1-3H3,(H,22,25)(H,23,24)/b21-12-. The number of amides is 2. The highest BCUT2D eigenvalue weighted by molar-refractivity contribution is 5.97. The van der Waals surface area contributed by atoms with Crippen molar-refractivity contribution in [2.24, 2.45) is 10.5 Å². The fourth-order valence-electron chi connectivity index (χ4n) is 1.80. The van der Waals surface area contributed by atoms with E-state index in [0.717, 1.165) is 0 Å². The molecule has 0 bridgehead atoms. The summed E-state index contributed by atoms with van der Waals surface area (Å²) in [6, 6.07) is 12.2. The molecule has 25 heavy (non-hydrogen) atoms. The van der Waals surface area contributed by atoms with E-state index in [1.807, 2.05) is 20.8 Å². The van der Waals surface area contributed by atoms with E-state index in [1.165, 1.54) is 18.3 Å². The van der Waals surface area contributed by atoms with Crippen LogP contribution in [0.15, 0.2) is 53.6 Å². The van der Waals surface area contributed by atoms with Gasteiger partial charge >= 0.3 is 0 Å². The summed E-state index contributed by atoms with van der Waals surface area (Å²) in [6.07, 6.45) is 1.43. The summed E-state index contributed by atoms with van der Waals surface area (Å²) in [5.74, 6) is -0.819. The van der Waals surface area contributed by atoms with Gasteiger partial charge in [0.2, 0.25) is 5.91 Å². The van der Waals surface area contributed by atoms with Gasteiger partial charge in [-0.15, -0.1) is 0 Å². The lowest BCUT2D eigenvalue weighted by Crippen LogP contribution is -2.27. The Morgan fingerprint density at radius 1 is 1.00 bits per heavy atom. The second kappa shape index (κ2) is 7.70. The van der Waals surface area contributed by atoms with Crippen LogP contribution in [-0.2, 0) is 4.79 Å². The third-order valence-electron chi connectivity index (χ3n) is 3.34. The Bertz CT molecular complexity index is 776. The quantitative estimate of drug-likeness (QED) is 0.659. The first kappa shape index (κ1) is 18.3. The molecule has 130 valence electrons. The van der Waals surface area contributed by atoms with Crippen molar-refractivity contribution in [3.63, 3.8) is 0 Å². The number of hydrazone groups is 1. The topological polar surface area (TPSA) is 70.6 Å². The van der Waals surface area contributed by atoms with Gasteiger partial charge in [0.25, 0.3) is 5.91 Å². The van der Waals surface area contributed by atoms with Gasteiger partial charge in [-0.1, -0.05) is 32.9 Å². The number of anilines is 1. The maximum Gasteiger partial charge on any atom is 0.271 e. The fourth-order valence-corrected chi connectivity index (χ4v) is 1.80. The van der Waals surface area contributed by atoms with Crippen LogP contribution in [0.25, 0.3) is 0 Å².